The molecule has 0 radical (unpaired) electrons. The van der Waals surface area contributed by atoms with Crippen LogP contribution in [0.25, 0.3) is 0 Å². The molecule has 1 aromatic heterocycles. The number of hydrogen-bond acceptors (Lipinski definition) is 4. The van der Waals surface area contributed by atoms with Crippen molar-refractivity contribution in [1.29, 1.82) is 0 Å². The lowest BCUT2D eigenvalue weighted by molar-refractivity contribution is 0.222. The van der Waals surface area contributed by atoms with Gasteiger partial charge in [0, 0.05) is 44.5 Å². The van der Waals surface area contributed by atoms with Gasteiger partial charge in [-0.3, -0.25) is 0 Å². The quantitative estimate of drug-likeness (QED) is 0.818. The number of aromatic nitrogens is 1. The third kappa shape index (κ3) is 4.25. The van der Waals surface area contributed by atoms with Crippen molar-refractivity contribution in [1.82, 2.24) is 10.3 Å². The highest BCUT2D eigenvalue weighted by Crippen LogP contribution is 2.23. The van der Waals surface area contributed by atoms with E-state index in [-0.39, 0.29) is 5.82 Å². The SMILES string of the molecule is COCC1=CCN(c2nccc(CNC(C)C)c2F)CC1. The van der Waals surface area contributed by atoms with Gasteiger partial charge in [-0.25, -0.2) is 9.37 Å². The van der Waals surface area contributed by atoms with Gasteiger partial charge in [-0.15, -0.1) is 0 Å². The van der Waals surface area contributed by atoms with Gasteiger partial charge in [-0.2, -0.15) is 0 Å². The van der Waals surface area contributed by atoms with E-state index in [1.165, 1.54) is 5.57 Å². The summed E-state index contributed by atoms with van der Waals surface area (Å²) in [5.74, 6) is 0.236. The number of hydrogen-bond donors (Lipinski definition) is 1. The van der Waals surface area contributed by atoms with Crippen LogP contribution in [0.4, 0.5) is 10.2 Å². The lowest BCUT2D eigenvalue weighted by atomic mass is 10.1. The van der Waals surface area contributed by atoms with Gasteiger partial charge in [-0.1, -0.05) is 19.9 Å². The summed E-state index contributed by atoms with van der Waals surface area (Å²) in [6.45, 7) is 6.74. The average molecular weight is 293 g/mol. The van der Waals surface area contributed by atoms with Crippen LogP contribution >= 0.6 is 0 Å². The molecule has 21 heavy (non-hydrogen) atoms. The van der Waals surface area contributed by atoms with Crippen molar-refractivity contribution in [2.75, 3.05) is 31.7 Å². The summed E-state index contributed by atoms with van der Waals surface area (Å²) in [6.07, 6.45) is 4.68. The van der Waals surface area contributed by atoms with E-state index < -0.39 is 0 Å². The molecule has 0 aromatic carbocycles. The number of rotatable bonds is 6. The Morgan fingerprint density at radius 3 is 2.90 bits per heavy atom. The first-order chi connectivity index (χ1) is 10.1. The standard InChI is InChI=1S/C16H24FN3O/c1-12(2)19-10-14-4-7-18-16(15(14)17)20-8-5-13(6-9-20)11-21-3/h4-5,7,12,19H,6,8-11H2,1-3H3. The number of nitrogens with zero attached hydrogens (tertiary/aromatic N) is 2. The Morgan fingerprint density at radius 1 is 1.48 bits per heavy atom. The Kier molecular flexibility index (Phi) is 5.70. The molecular weight excluding hydrogens is 269 g/mol. The summed E-state index contributed by atoms with van der Waals surface area (Å²) in [7, 11) is 1.69. The van der Waals surface area contributed by atoms with Crippen LogP contribution in [-0.4, -0.2) is 37.8 Å². The third-order valence-electron chi connectivity index (χ3n) is 3.58. The Morgan fingerprint density at radius 2 is 2.29 bits per heavy atom. The van der Waals surface area contributed by atoms with E-state index in [4.69, 9.17) is 4.74 Å². The lowest BCUT2D eigenvalue weighted by Crippen LogP contribution is -2.31. The number of methoxy groups -OCH3 is 1. The summed E-state index contributed by atoms with van der Waals surface area (Å²) < 4.78 is 19.7. The first-order valence-corrected chi connectivity index (χ1v) is 7.40. The van der Waals surface area contributed by atoms with Gasteiger partial charge in [0.25, 0.3) is 0 Å². The zero-order valence-electron chi connectivity index (χ0n) is 13.0. The molecule has 1 aromatic rings. The summed E-state index contributed by atoms with van der Waals surface area (Å²) in [4.78, 5) is 6.20. The molecule has 1 aliphatic heterocycles. The number of nitrogens with one attached hydrogen (secondary N) is 1. The van der Waals surface area contributed by atoms with Crippen molar-refractivity contribution in [2.24, 2.45) is 0 Å². The maximum absolute atomic E-state index is 14.6. The van der Waals surface area contributed by atoms with E-state index in [0.717, 1.165) is 13.0 Å². The molecule has 5 heteroatoms. The lowest BCUT2D eigenvalue weighted by Gasteiger charge is -2.28. The predicted molar refractivity (Wildman–Crippen MR) is 83.0 cm³/mol. The van der Waals surface area contributed by atoms with Gasteiger partial charge in [-0.05, 0) is 18.1 Å². The maximum Gasteiger partial charge on any atom is 0.170 e. The Hall–Kier alpha value is -1.46. The second kappa shape index (κ2) is 7.52. The molecule has 1 aliphatic rings. The van der Waals surface area contributed by atoms with Gasteiger partial charge >= 0.3 is 0 Å². The number of pyridine rings is 1. The van der Waals surface area contributed by atoms with Crippen LogP contribution in [0.3, 0.4) is 0 Å². The van der Waals surface area contributed by atoms with E-state index in [1.807, 2.05) is 18.7 Å². The van der Waals surface area contributed by atoms with E-state index >= 15 is 0 Å². The molecule has 0 fully saturated rings. The minimum absolute atomic E-state index is 0.214. The fourth-order valence-electron chi connectivity index (χ4n) is 2.36. The van der Waals surface area contributed by atoms with Gasteiger partial charge in [0.05, 0.1) is 6.61 Å². The highest BCUT2D eigenvalue weighted by Gasteiger charge is 2.18. The number of halogens is 1. The fraction of sp³-hybridized carbons (Fsp3) is 0.562. The summed E-state index contributed by atoms with van der Waals surface area (Å²) >= 11 is 0. The second-order valence-corrected chi connectivity index (χ2v) is 5.63. The average Bonchev–Trinajstić information content (AvgIpc) is 2.47. The number of ether oxygens (including phenoxy) is 1. The fourth-order valence-corrected chi connectivity index (χ4v) is 2.36. The molecule has 2 rings (SSSR count). The highest BCUT2D eigenvalue weighted by atomic mass is 19.1. The van der Waals surface area contributed by atoms with Crippen LogP contribution < -0.4 is 10.2 Å². The van der Waals surface area contributed by atoms with Gasteiger partial charge in [0.1, 0.15) is 0 Å². The monoisotopic (exact) mass is 293 g/mol. The summed E-state index contributed by atoms with van der Waals surface area (Å²) in [5, 5.41) is 3.24. The Balaban J connectivity index is 2.09. The smallest absolute Gasteiger partial charge is 0.170 e. The molecule has 0 atom stereocenters. The van der Waals surface area contributed by atoms with Crippen LogP contribution in [0.2, 0.25) is 0 Å². The Labute approximate surface area is 126 Å². The van der Waals surface area contributed by atoms with Gasteiger partial charge in [0.2, 0.25) is 0 Å². The van der Waals surface area contributed by atoms with Crippen molar-refractivity contribution in [3.05, 3.63) is 35.3 Å². The maximum atomic E-state index is 14.6. The van der Waals surface area contributed by atoms with Crippen molar-refractivity contribution < 1.29 is 9.13 Å². The molecule has 0 amide bonds. The second-order valence-electron chi connectivity index (χ2n) is 5.63. The molecule has 0 bridgehead atoms. The minimum Gasteiger partial charge on any atom is -0.380 e. The molecular formula is C16H24FN3O. The van der Waals surface area contributed by atoms with E-state index in [2.05, 4.69) is 16.4 Å². The highest BCUT2D eigenvalue weighted by molar-refractivity contribution is 5.45. The van der Waals surface area contributed by atoms with Crippen LogP contribution in [0.1, 0.15) is 25.8 Å². The third-order valence-corrected chi connectivity index (χ3v) is 3.58. The molecule has 4 nitrogen and oxygen atoms in total. The molecule has 0 spiro atoms. The van der Waals surface area contributed by atoms with Crippen LogP contribution in [-0.2, 0) is 11.3 Å². The molecule has 0 aliphatic carbocycles. The van der Waals surface area contributed by atoms with Crippen LogP contribution in [0.5, 0.6) is 0 Å². The van der Waals surface area contributed by atoms with Gasteiger partial charge in [0.15, 0.2) is 11.6 Å². The summed E-state index contributed by atoms with van der Waals surface area (Å²) in [6, 6.07) is 2.07. The van der Waals surface area contributed by atoms with E-state index in [1.54, 1.807) is 19.4 Å². The summed E-state index contributed by atoms with van der Waals surface area (Å²) in [5.41, 5.74) is 1.94. The number of anilines is 1. The van der Waals surface area contributed by atoms with E-state index in [9.17, 15) is 4.39 Å². The molecule has 0 unspecified atom stereocenters. The molecule has 2 heterocycles. The van der Waals surface area contributed by atoms with Crippen LogP contribution in [0.15, 0.2) is 23.9 Å². The van der Waals surface area contributed by atoms with Crippen molar-refractivity contribution >= 4 is 5.82 Å². The Bertz CT molecular complexity index is 502. The van der Waals surface area contributed by atoms with Crippen molar-refractivity contribution in [3.63, 3.8) is 0 Å². The van der Waals surface area contributed by atoms with E-state index in [0.29, 0.717) is 37.1 Å². The van der Waals surface area contributed by atoms with Crippen molar-refractivity contribution in [3.8, 4) is 0 Å². The first-order valence-electron chi connectivity index (χ1n) is 7.40. The largest absolute Gasteiger partial charge is 0.380 e. The van der Waals surface area contributed by atoms with Crippen molar-refractivity contribution in [2.45, 2.75) is 32.9 Å². The zero-order chi connectivity index (χ0) is 15.2. The normalized spacial score (nSPS) is 15.5. The zero-order valence-corrected chi connectivity index (χ0v) is 13.0. The van der Waals surface area contributed by atoms with Gasteiger partial charge < -0.3 is 15.0 Å². The predicted octanol–water partition coefficient (Wildman–Crippen LogP) is 2.50. The minimum atomic E-state index is -0.214. The molecule has 116 valence electrons. The van der Waals surface area contributed by atoms with Crippen LogP contribution in [0, 0.1) is 5.82 Å². The molecule has 1 N–H and O–H groups in total. The first kappa shape index (κ1) is 15.9. The molecule has 0 saturated carbocycles. The topological polar surface area (TPSA) is 37.4 Å². The molecule has 0 saturated heterocycles.